The van der Waals surface area contributed by atoms with E-state index in [-0.39, 0.29) is 11.6 Å². The average Bonchev–Trinajstić information content (AvgIpc) is 2.41. The molecule has 0 aliphatic carbocycles. The zero-order chi connectivity index (χ0) is 15.6. The number of hydrogen-bond acceptors (Lipinski definition) is 3. The molecule has 5 nitrogen and oxygen atoms in total. The fraction of sp³-hybridized carbons (Fsp3) is 0.0714. The van der Waals surface area contributed by atoms with E-state index in [1.165, 1.54) is 12.1 Å². The van der Waals surface area contributed by atoms with Gasteiger partial charge in [0.1, 0.15) is 0 Å². The molecule has 0 fully saturated rings. The first-order valence-electron chi connectivity index (χ1n) is 5.90. The van der Waals surface area contributed by atoms with E-state index in [1.54, 1.807) is 25.1 Å². The molecule has 21 heavy (non-hydrogen) atoms. The van der Waals surface area contributed by atoms with Crippen LogP contribution in [0.4, 0.5) is 11.4 Å². The molecule has 0 heterocycles. The predicted molar refractivity (Wildman–Crippen MR) is 92.6 cm³/mol. The Bertz CT molecular complexity index is 734. The maximum atomic E-state index is 12.2. The highest BCUT2D eigenvalue weighted by atomic mass is 127. The van der Waals surface area contributed by atoms with Crippen LogP contribution in [0.5, 0.6) is 0 Å². The number of halogens is 2. The number of benzene rings is 2. The van der Waals surface area contributed by atoms with Crippen molar-refractivity contribution in [1.82, 2.24) is 0 Å². The monoisotopic (exact) mass is 460 g/mol. The van der Waals surface area contributed by atoms with Crippen molar-refractivity contribution in [2.24, 2.45) is 0 Å². The van der Waals surface area contributed by atoms with Crippen LogP contribution in [-0.4, -0.2) is 10.8 Å². The van der Waals surface area contributed by atoms with E-state index >= 15 is 0 Å². The van der Waals surface area contributed by atoms with Crippen molar-refractivity contribution in [3.63, 3.8) is 0 Å². The molecule has 0 saturated carbocycles. The van der Waals surface area contributed by atoms with Gasteiger partial charge in [-0.25, -0.2) is 0 Å². The van der Waals surface area contributed by atoms with Crippen LogP contribution in [0, 0.1) is 20.6 Å². The molecule has 2 rings (SSSR count). The van der Waals surface area contributed by atoms with Gasteiger partial charge in [-0.1, -0.05) is 0 Å². The number of amides is 1. The van der Waals surface area contributed by atoms with Gasteiger partial charge in [0.05, 0.1) is 10.5 Å². The summed E-state index contributed by atoms with van der Waals surface area (Å²) < 4.78 is 1.64. The summed E-state index contributed by atoms with van der Waals surface area (Å²) in [7, 11) is 0. The van der Waals surface area contributed by atoms with E-state index in [1.807, 2.05) is 6.07 Å². The first kappa shape index (κ1) is 15.9. The Kier molecular flexibility index (Phi) is 4.94. The van der Waals surface area contributed by atoms with Crippen molar-refractivity contribution in [3.8, 4) is 0 Å². The number of nitrogens with zero attached hydrogens (tertiary/aromatic N) is 1. The molecular weight excluding hydrogens is 451 g/mol. The number of rotatable bonds is 3. The SMILES string of the molecule is Cc1cc(NC(=O)c2cc(I)ccc2Br)ccc1[N+](=O)[O-]. The molecule has 0 spiro atoms. The van der Waals surface area contributed by atoms with E-state index in [0.29, 0.717) is 21.3 Å². The van der Waals surface area contributed by atoms with Crippen LogP contribution in [-0.2, 0) is 0 Å². The minimum Gasteiger partial charge on any atom is -0.322 e. The number of nitro groups is 1. The molecule has 0 aromatic heterocycles. The zero-order valence-corrected chi connectivity index (χ0v) is 14.6. The van der Waals surface area contributed by atoms with Crippen LogP contribution in [0.25, 0.3) is 0 Å². The second kappa shape index (κ2) is 6.52. The summed E-state index contributed by atoms with van der Waals surface area (Å²) in [6.07, 6.45) is 0. The Labute approximate surface area is 143 Å². The van der Waals surface area contributed by atoms with Crippen molar-refractivity contribution in [2.75, 3.05) is 5.32 Å². The molecule has 1 amide bonds. The molecule has 0 aliphatic heterocycles. The maximum absolute atomic E-state index is 12.2. The largest absolute Gasteiger partial charge is 0.322 e. The summed E-state index contributed by atoms with van der Waals surface area (Å²) in [6.45, 7) is 1.63. The standard InChI is InChI=1S/C14H10BrIN2O3/c1-8-6-10(3-5-13(8)18(20)21)17-14(19)11-7-9(16)2-4-12(11)15/h2-7H,1H3,(H,17,19). The Balaban J connectivity index is 2.26. The van der Waals surface area contributed by atoms with Crippen molar-refractivity contribution >= 4 is 55.8 Å². The number of aryl methyl sites for hydroxylation is 1. The van der Waals surface area contributed by atoms with Gasteiger partial charge in [0.2, 0.25) is 0 Å². The molecule has 2 aromatic carbocycles. The van der Waals surface area contributed by atoms with E-state index in [0.717, 1.165) is 3.57 Å². The minimum absolute atomic E-state index is 0.0310. The van der Waals surface area contributed by atoms with E-state index in [2.05, 4.69) is 43.8 Å². The van der Waals surface area contributed by atoms with Gasteiger partial charge in [-0.05, 0) is 75.8 Å². The van der Waals surface area contributed by atoms with Crippen LogP contribution in [0.1, 0.15) is 15.9 Å². The van der Waals surface area contributed by atoms with Gasteiger partial charge in [0, 0.05) is 25.4 Å². The van der Waals surface area contributed by atoms with Crippen molar-refractivity contribution < 1.29 is 9.72 Å². The van der Waals surface area contributed by atoms with Gasteiger partial charge in [-0.3, -0.25) is 14.9 Å². The molecule has 0 unspecified atom stereocenters. The molecule has 1 N–H and O–H groups in total. The molecule has 0 radical (unpaired) electrons. The van der Waals surface area contributed by atoms with Crippen molar-refractivity contribution in [2.45, 2.75) is 6.92 Å². The molecule has 0 bridgehead atoms. The third-order valence-electron chi connectivity index (χ3n) is 2.82. The summed E-state index contributed by atoms with van der Waals surface area (Å²) in [5, 5.41) is 13.5. The van der Waals surface area contributed by atoms with Gasteiger partial charge in [-0.2, -0.15) is 0 Å². The molecule has 7 heteroatoms. The second-order valence-corrected chi connectivity index (χ2v) is 6.44. The summed E-state index contributed by atoms with van der Waals surface area (Å²) in [5.41, 5.74) is 1.56. The fourth-order valence-corrected chi connectivity index (χ4v) is 2.73. The molecule has 108 valence electrons. The van der Waals surface area contributed by atoms with Gasteiger partial charge in [0.15, 0.2) is 0 Å². The topological polar surface area (TPSA) is 72.2 Å². The highest BCUT2D eigenvalue weighted by Gasteiger charge is 2.14. The number of hydrogen-bond donors (Lipinski definition) is 1. The third-order valence-corrected chi connectivity index (χ3v) is 4.19. The second-order valence-electron chi connectivity index (χ2n) is 4.34. The minimum atomic E-state index is -0.447. The highest BCUT2D eigenvalue weighted by molar-refractivity contribution is 14.1. The van der Waals surface area contributed by atoms with Crippen molar-refractivity contribution in [1.29, 1.82) is 0 Å². The van der Waals surface area contributed by atoms with E-state index in [4.69, 9.17) is 0 Å². The molecule has 0 saturated heterocycles. The van der Waals surface area contributed by atoms with Crippen LogP contribution in [0.3, 0.4) is 0 Å². The van der Waals surface area contributed by atoms with E-state index in [9.17, 15) is 14.9 Å². The number of nitrogens with one attached hydrogen (secondary N) is 1. The van der Waals surface area contributed by atoms with Gasteiger partial charge >= 0.3 is 0 Å². The predicted octanol–water partition coefficient (Wildman–Crippen LogP) is 4.52. The maximum Gasteiger partial charge on any atom is 0.272 e. The Morgan fingerprint density at radius 1 is 1.29 bits per heavy atom. The number of anilines is 1. The first-order valence-corrected chi connectivity index (χ1v) is 7.77. The molecule has 0 atom stereocenters. The van der Waals surface area contributed by atoms with Gasteiger partial charge in [0.25, 0.3) is 11.6 Å². The lowest BCUT2D eigenvalue weighted by Gasteiger charge is -2.08. The van der Waals surface area contributed by atoms with Crippen molar-refractivity contribution in [3.05, 3.63) is 65.7 Å². The number of carbonyl (C=O) groups is 1. The lowest BCUT2D eigenvalue weighted by Crippen LogP contribution is -2.13. The van der Waals surface area contributed by atoms with Gasteiger partial charge in [-0.15, -0.1) is 0 Å². The highest BCUT2D eigenvalue weighted by Crippen LogP contribution is 2.24. The Morgan fingerprint density at radius 3 is 2.62 bits per heavy atom. The average molecular weight is 461 g/mol. The lowest BCUT2D eigenvalue weighted by molar-refractivity contribution is -0.385. The van der Waals surface area contributed by atoms with Crippen LogP contribution in [0.2, 0.25) is 0 Å². The van der Waals surface area contributed by atoms with Crippen LogP contribution < -0.4 is 5.32 Å². The van der Waals surface area contributed by atoms with Gasteiger partial charge < -0.3 is 5.32 Å². The molecule has 2 aromatic rings. The number of nitro benzene ring substituents is 1. The Hall–Kier alpha value is -1.48. The van der Waals surface area contributed by atoms with Crippen LogP contribution in [0.15, 0.2) is 40.9 Å². The summed E-state index contributed by atoms with van der Waals surface area (Å²) in [6, 6.07) is 9.94. The molecular formula is C14H10BrIN2O3. The third kappa shape index (κ3) is 3.79. The zero-order valence-electron chi connectivity index (χ0n) is 10.9. The lowest BCUT2D eigenvalue weighted by atomic mass is 10.1. The number of carbonyl (C=O) groups excluding carboxylic acids is 1. The summed E-state index contributed by atoms with van der Waals surface area (Å²) in [4.78, 5) is 22.6. The first-order chi connectivity index (χ1) is 9.88. The summed E-state index contributed by atoms with van der Waals surface area (Å²) >= 11 is 5.46. The smallest absolute Gasteiger partial charge is 0.272 e. The Morgan fingerprint density at radius 2 is 2.00 bits per heavy atom. The quantitative estimate of drug-likeness (QED) is 0.415. The fourth-order valence-electron chi connectivity index (χ4n) is 1.81. The van der Waals surface area contributed by atoms with Crippen LogP contribution >= 0.6 is 38.5 Å². The normalized spacial score (nSPS) is 10.2. The van der Waals surface area contributed by atoms with E-state index < -0.39 is 4.92 Å². The molecule has 0 aliphatic rings. The summed E-state index contributed by atoms with van der Waals surface area (Å²) in [5.74, 6) is -0.270.